The van der Waals surface area contributed by atoms with E-state index in [-0.39, 0.29) is 11.4 Å². The van der Waals surface area contributed by atoms with Crippen LogP contribution in [-0.4, -0.2) is 23.7 Å². The number of carbonyl (C=O) groups excluding carboxylic acids is 1. The fraction of sp³-hybridized carbons (Fsp3) is 0.200. The lowest BCUT2D eigenvalue weighted by Gasteiger charge is -2.12. The molecular formula is C15H13F3N2O2. The van der Waals surface area contributed by atoms with Crippen molar-refractivity contribution in [3.63, 3.8) is 0 Å². The van der Waals surface area contributed by atoms with Gasteiger partial charge < -0.3 is 10.1 Å². The summed E-state index contributed by atoms with van der Waals surface area (Å²) in [5.41, 5.74) is 1.34. The third-order valence-corrected chi connectivity index (χ3v) is 2.78. The predicted octanol–water partition coefficient (Wildman–Crippen LogP) is 3.58. The molecule has 0 aliphatic heterocycles. The van der Waals surface area contributed by atoms with Gasteiger partial charge in [-0.05, 0) is 30.7 Å². The van der Waals surface area contributed by atoms with Gasteiger partial charge in [0.25, 0.3) is 5.91 Å². The Morgan fingerprint density at radius 3 is 2.64 bits per heavy atom. The lowest BCUT2D eigenvalue weighted by atomic mass is 10.2. The first-order valence-corrected chi connectivity index (χ1v) is 6.38. The monoisotopic (exact) mass is 310 g/mol. The highest BCUT2D eigenvalue weighted by Gasteiger charge is 2.29. The van der Waals surface area contributed by atoms with E-state index in [2.05, 4.69) is 15.0 Å². The molecule has 1 aromatic carbocycles. The smallest absolute Gasteiger partial charge is 0.422 e. The molecule has 0 aliphatic rings. The first-order valence-electron chi connectivity index (χ1n) is 6.38. The van der Waals surface area contributed by atoms with Crippen molar-refractivity contribution in [1.82, 2.24) is 4.98 Å². The van der Waals surface area contributed by atoms with Crippen molar-refractivity contribution in [2.75, 3.05) is 11.9 Å². The van der Waals surface area contributed by atoms with E-state index in [4.69, 9.17) is 0 Å². The van der Waals surface area contributed by atoms with E-state index in [0.717, 1.165) is 5.56 Å². The van der Waals surface area contributed by atoms with Gasteiger partial charge in [-0.15, -0.1) is 0 Å². The Bertz CT molecular complexity index is 672. The summed E-state index contributed by atoms with van der Waals surface area (Å²) in [4.78, 5) is 15.9. The molecular weight excluding hydrogens is 297 g/mol. The van der Waals surface area contributed by atoms with Gasteiger partial charge in [0.05, 0.1) is 0 Å². The number of pyridine rings is 1. The summed E-state index contributed by atoms with van der Waals surface area (Å²) in [6, 6.07) is 9.86. The third-order valence-electron chi connectivity index (χ3n) is 2.78. The minimum atomic E-state index is -4.50. The number of ether oxygens (including phenoxy) is 1. The average Bonchev–Trinajstić information content (AvgIpc) is 2.47. The third kappa shape index (κ3) is 4.21. The minimum absolute atomic E-state index is 0.0602. The summed E-state index contributed by atoms with van der Waals surface area (Å²) >= 11 is 0. The highest BCUT2D eigenvalue weighted by Crippen LogP contribution is 2.21. The molecule has 0 atom stereocenters. The molecule has 116 valence electrons. The van der Waals surface area contributed by atoms with Gasteiger partial charge in [0, 0.05) is 11.9 Å². The maximum atomic E-state index is 12.2. The number of alkyl halides is 3. The van der Waals surface area contributed by atoms with Crippen LogP contribution in [0.4, 0.5) is 18.9 Å². The lowest BCUT2D eigenvalue weighted by molar-refractivity contribution is -0.154. The second-order valence-corrected chi connectivity index (χ2v) is 4.53. The van der Waals surface area contributed by atoms with Gasteiger partial charge >= 0.3 is 6.18 Å². The maximum absolute atomic E-state index is 12.2. The van der Waals surface area contributed by atoms with Crippen LogP contribution in [0.1, 0.15) is 15.9 Å². The number of hydrogen-bond donors (Lipinski definition) is 1. The Labute approximate surface area is 124 Å². The summed E-state index contributed by atoms with van der Waals surface area (Å²) in [7, 11) is 0. The van der Waals surface area contributed by atoms with Crippen LogP contribution < -0.4 is 10.1 Å². The second-order valence-electron chi connectivity index (χ2n) is 4.53. The van der Waals surface area contributed by atoms with Crippen LogP contribution in [0.3, 0.4) is 0 Å². The fourth-order valence-corrected chi connectivity index (χ4v) is 1.73. The normalized spacial score (nSPS) is 11.1. The van der Waals surface area contributed by atoms with Gasteiger partial charge in [-0.25, -0.2) is 4.98 Å². The highest BCUT2D eigenvalue weighted by molar-refractivity contribution is 6.06. The van der Waals surface area contributed by atoms with E-state index in [1.165, 1.54) is 18.3 Å². The van der Waals surface area contributed by atoms with Crippen molar-refractivity contribution < 1.29 is 22.7 Å². The van der Waals surface area contributed by atoms with Crippen molar-refractivity contribution in [2.24, 2.45) is 0 Å². The SMILES string of the molecule is Cc1ccccc1NC(=O)c1cccnc1OCC(F)(F)F. The number of carbonyl (C=O) groups is 1. The minimum Gasteiger partial charge on any atom is -0.467 e. The fourth-order valence-electron chi connectivity index (χ4n) is 1.73. The molecule has 0 radical (unpaired) electrons. The van der Waals surface area contributed by atoms with E-state index in [1.807, 2.05) is 6.07 Å². The van der Waals surface area contributed by atoms with Crippen LogP contribution in [0, 0.1) is 6.92 Å². The molecule has 7 heteroatoms. The molecule has 4 nitrogen and oxygen atoms in total. The molecule has 0 saturated heterocycles. The van der Waals surface area contributed by atoms with E-state index < -0.39 is 18.7 Å². The highest BCUT2D eigenvalue weighted by atomic mass is 19.4. The van der Waals surface area contributed by atoms with Crippen LogP contribution >= 0.6 is 0 Å². The van der Waals surface area contributed by atoms with E-state index in [1.54, 1.807) is 25.1 Å². The number of hydrogen-bond acceptors (Lipinski definition) is 3. The van der Waals surface area contributed by atoms with Crippen molar-refractivity contribution in [1.29, 1.82) is 0 Å². The Morgan fingerprint density at radius 2 is 1.95 bits per heavy atom. The maximum Gasteiger partial charge on any atom is 0.422 e. The summed E-state index contributed by atoms with van der Waals surface area (Å²) in [5.74, 6) is -0.939. The van der Waals surface area contributed by atoms with Crippen molar-refractivity contribution >= 4 is 11.6 Å². The first kappa shape index (κ1) is 15.8. The number of aromatic nitrogens is 1. The first-order chi connectivity index (χ1) is 10.4. The summed E-state index contributed by atoms with van der Waals surface area (Å²) in [6.07, 6.45) is -3.24. The van der Waals surface area contributed by atoms with Crippen molar-refractivity contribution in [3.05, 3.63) is 53.7 Å². The van der Waals surface area contributed by atoms with Gasteiger partial charge in [-0.1, -0.05) is 18.2 Å². The number of nitrogens with one attached hydrogen (secondary N) is 1. The van der Waals surface area contributed by atoms with Gasteiger partial charge in [0.2, 0.25) is 5.88 Å². The van der Waals surface area contributed by atoms with Crippen LogP contribution in [0.15, 0.2) is 42.6 Å². The number of amides is 1. The van der Waals surface area contributed by atoms with Crippen LogP contribution in [0.5, 0.6) is 5.88 Å². The number of aryl methyl sites for hydroxylation is 1. The zero-order valence-electron chi connectivity index (χ0n) is 11.6. The van der Waals surface area contributed by atoms with Gasteiger partial charge in [-0.2, -0.15) is 13.2 Å². The Balaban J connectivity index is 2.18. The molecule has 0 saturated carbocycles. The number of benzene rings is 1. The van der Waals surface area contributed by atoms with Gasteiger partial charge in [0.15, 0.2) is 6.61 Å². The lowest BCUT2D eigenvalue weighted by Crippen LogP contribution is -2.22. The standard InChI is InChI=1S/C15H13F3N2O2/c1-10-5-2-3-7-12(10)20-13(21)11-6-4-8-19-14(11)22-9-15(16,17)18/h2-8H,9H2,1H3,(H,20,21). The molecule has 0 bridgehead atoms. The Hall–Kier alpha value is -2.57. The number of nitrogens with zero attached hydrogens (tertiary/aromatic N) is 1. The largest absolute Gasteiger partial charge is 0.467 e. The van der Waals surface area contributed by atoms with Crippen molar-refractivity contribution in [3.8, 4) is 5.88 Å². The molecule has 1 N–H and O–H groups in total. The van der Waals surface area contributed by atoms with Crippen LogP contribution in [0.2, 0.25) is 0 Å². The van der Waals surface area contributed by atoms with Gasteiger partial charge in [-0.3, -0.25) is 4.79 Å². The molecule has 0 unspecified atom stereocenters. The Morgan fingerprint density at radius 1 is 1.23 bits per heavy atom. The average molecular weight is 310 g/mol. The van der Waals surface area contributed by atoms with Crippen LogP contribution in [-0.2, 0) is 0 Å². The molecule has 1 aromatic heterocycles. The second kappa shape index (κ2) is 6.46. The summed E-state index contributed by atoms with van der Waals surface area (Å²) < 4.78 is 41.3. The summed E-state index contributed by atoms with van der Waals surface area (Å²) in [5, 5.41) is 2.62. The van der Waals surface area contributed by atoms with Crippen LogP contribution in [0.25, 0.3) is 0 Å². The molecule has 2 rings (SSSR count). The van der Waals surface area contributed by atoms with E-state index in [0.29, 0.717) is 5.69 Å². The number of rotatable bonds is 4. The zero-order chi connectivity index (χ0) is 16.2. The zero-order valence-corrected chi connectivity index (χ0v) is 11.6. The van der Waals surface area contributed by atoms with E-state index >= 15 is 0 Å². The number of halogens is 3. The molecule has 0 spiro atoms. The Kier molecular flexibility index (Phi) is 4.65. The van der Waals surface area contributed by atoms with Crippen molar-refractivity contribution in [2.45, 2.75) is 13.1 Å². The summed E-state index contributed by atoms with van der Waals surface area (Å²) in [6.45, 7) is 0.300. The number of anilines is 1. The van der Waals surface area contributed by atoms with E-state index in [9.17, 15) is 18.0 Å². The predicted molar refractivity (Wildman–Crippen MR) is 74.9 cm³/mol. The number of para-hydroxylation sites is 1. The molecule has 2 aromatic rings. The molecule has 0 fully saturated rings. The topological polar surface area (TPSA) is 51.2 Å². The van der Waals surface area contributed by atoms with Gasteiger partial charge in [0.1, 0.15) is 5.56 Å². The molecule has 0 aliphatic carbocycles. The molecule has 1 heterocycles. The molecule has 1 amide bonds. The molecule has 22 heavy (non-hydrogen) atoms. The quantitative estimate of drug-likeness (QED) is 0.939.